The van der Waals surface area contributed by atoms with Crippen LogP contribution in [0.2, 0.25) is 5.02 Å². The molecule has 1 N–H and O–H groups in total. The van der Waals surface area contributed by atoms with E-state index in [0.717, 1.165) is 11.3 Å². The SMILES string of the molecule is CNC(c1ccnnc1)c1c(Cl)cnn1C. The number of aryl methyl sites for hydroxylation is 1. The van der Waals surface area contributed by atoms with E-state index in [1.807, 2.05) is 20.2 Å². The highest BCUT2D eigenvalue weighted by Crippen LogP contribution is 2.26. The predicted molar refractivity (Wildman–Crippen MR) is 61.2 cm³/mol. The van der Waals surface area contributed by atoms with E-state index in [2.05, 4.69) is 20.6 Å². The summed E-state index contributed by atoms with van der Waals surface area (Å²) in [5.74, 6) is 0. The van der Waals surface area contributed by atoms with Crippen molar-refractivity contribution in [3.8, 4) is 0 Å². The van der Waals surface area contributed by atoms with E-state index in [4.69, 9.17) is 11.6 Å². The van der Waals surface area contributed by atoms with Crippen LogP contribution in [-0.2, 0) is 7.05 Å². The van der Waals surface area contributed by atoms with Crippen molar-refractivity contribution >= 4 is 11.6 Å². The van der Waals surface area contributed by atoms with E-state index in [0.29, 0.717) is 5.02 Å². The van der Waals surface area contributed by atoms with Crippen LogP contribution in [0.3, 0.4) is 0 Å². The summed E-state index contributed by atoms with van der Waals surface area (Å²) < 4.78 is 1.75. The Morgan fingerprint density at radius 3 is 2.69 bits per heavy atom. The Hall–Kier alpha value is -1.46. The first-order valence-corrected chi connectivity index (χ1v) is 5.23. The second-order valence-electron chi connectivity index (χ2n) is 3.40. The summed E-state index contributed by atoms with van der Waals surface area (Å²) in [5, 5.41) is 15.6. The maximum Gasteiger partial charge on any atom is 0.0837 e. The molecule has 0 aromatic carbocycles. The lowest BCUT2D eigenvalue weighted by atomic mass is 10.1. The molecular formula is C10H12ClN5. The molecular weight excluding hydrogens is 226 g/mol. The summed E-state index contributed by atoms with van der Waals surface area (Å²) in [6.45, 7) is 0. The maximum absolute atomic E-state index is 6.11. The highest BCUT2D eigenvalue weighted by molar-refractivity contribution is 6.31. The van der Waals surface area contributed by atoms with Crippen LogP contribution in [0, 0.1) is 0 Å². The van der Waals surface area contributed by atoms with Gasteiger partial charge in [-0.25, -0.2) is 0 Å². The van der Waals surface area contributed by atoms with Crippen molar-refractivity contribution in [2.45, 2.75) is 6.04 Å². The molecule has 1 unspecified atom stereocenters. The van der Waals surface area contributed by atoms with E-state index in [-0.39, 0.29) is 6.04 Å². The third kappa shape index (κ3) is 1.91. The van der Waals surface area contributed by atoms with Gasteiger partial charge in [0.1, 0.15) is 0 Å². The molecule has 0 radical (unpaired) electrons. The summed E-state index contributed by atoms with van der Waals surface area (Å²) in [7, 11) is 3.73. The first-order chi connectivity index (χ1) is 7.74. The third-order valence-electron chi connectivity index (χ3n) is 2.44. The Morgan fingerprint density at radius 1 is 1.38 bits per heavy atom. The van der Waals surface area contributed by atoms with Gasteiger partial charge in [-0.3, -0.25) is 4.68 Å². The van der Waals surface area contributed by atoms with Crippen molar-refractivity contribution in [1.29, 1.82) is 0 Å². The molecule has 0 spiro atoms. The largest absolute Gasteiger partial charge is 0.308 e. The van der Waals surface area contributed by atoms with Crippen LogP contribution in [0.25, 0.3) is 0 Å². The van der Waals surface area contributed by atoms with Gasteiger partial charge < -0.3 is 5.32 Å². The molecule has 0 aliphatic heterocycles. The van der Waals surface area contributed by atoms with Gasteiger partial charge in [-0.05, 0) is 18.7 Å². The number of halogens is 1. The predicted octanol–water partition coefficient (Wildman–Crippen LogP) is 1.17. The zero-order chi connectivity index (χ0) is 11.5. The Morgan fingerprint density at radius 2 is 2.19 bits per heavy atom. The fourth-order valence-corrected chi connectivity index (χ4v) is 1.95. The lowest BCUT2D eigenvalue weighted by Crippen LogP contribution is -2.21. The zero-order valence-corrected chi connectivity index (χ0v) is 9.81. The van der Waals surface area contributed by atoms with Gasteiger partial charge in [-0.1, -0.05) is 11.6 Å². The minimum atomic E-state index is -0.0319. The summed E-state index contributed by atoms with van der Waals surface area (Å²) in [6, 6.07) is 1.87. The highest BCUT2D eigenvalue weighted by atomic mass is 35.5. The van der Waals surface area contributed by atoms with Gasteiger partial charge in [-0.2, -0.15) is 15.3 Å². The molecule has 0 bridgehead atoms. The molecule has 5 nitrogen and oxygen atoms in total. The number of aromatic nitrogens is 4. The highest BCUT2D eigenvalue weighted by Gasteiger charge is 2.19. The van der Waals surface area contributed by atoms with Crippen LogP contribution in [-0.4, -0.2) is 27.0 Å². The molecule has 6 heteroatoms. The van der Waals surface area contributed by atoms with Crippen molar-refractivity contribution in [3.05, 3.63) is 40.9 Å². The minimum Gasteiger partial charge on any atom is -0.308 e. The standard InChI is InChI=1S/C10H12ClN5/c1-12-9(7-3-4-13-14-5-7)10-8(11)6-15-16(10)2/h3-6,9,12H,1-2H3. The van der Waals surface area contributed by atoms with E-state index in [1.165, 1.54) is 0 Å². The summed E-state index contributed by atoms with van der Waals surface area (Å²) in [5.41, 5.74) is 1.92. The van der Waals surface area contributed by atoms with Gasteiger partial charge in [0.05, 0.1) is 29.2 Å². The molecule has 84 valence electrons. The molecule has 16 heavy (non-hydrogen) atoms. The van der Waals surface area contributed by atoms with E-state index < -0.39 is 0 Å². The first-order valence-electron chi connectivity index (χ1n) is 4.85. The molecule has 0 aliphatic carbocycles. The van der Waals surface area contributed by atoms with Gasteiger partial charge in [0, 0.05) is 13.2 Å². The van der Waals surface area contributed by atoms with Crippen molar-refractivity contribution in [3.63, 3.8) is 0 Å². The van der Waals surface area contributed by atoms with Gasteiger partial charge in [0.15, 0.2) is 0 Å². The molecule has 0 amide bonds. The van der Waals surface area contributed by atoms with Crippen LogP contribution in [0.1, 0.15) is 17.3 Å². The second kappa shape index (κ2) is 4.59. The van der Waals surface area contributed by atoms with Gasteiger partial charge in [0.25, 0.3) is 0 Å². The zero-order valence-electron chi connectivity index (χ0n) is 9.05. The first kappa shape index (κ1) is 11.0. The van der Waals surface area contributed by atoms with E-state index in [9.17, 15) is 0 Å². The van der Waals surface area contributed by atoms with Crippen molar-refractivity contribution in [1.82, 2.24) is 25.3 Å². The van der Waals surface area contributed by atoms with Crippen LogP contribution < -0.4 is 5.32 Å². The normalized spacial score (nSPS) is 12.7. The van der Waals surface area contributed by atoms with Crippen LogP contribution >= 0.6 is 11.6 Å². The van der Waals surface area contributed by atoms with Gasteiger partial charge >= 0.3 is 0 Å². The Labute approximate surface area is 98.5 Å². The van der Waals surface area contributed by atoms with Crippen molar-refractivity contribution in [2.24, 2.45) is 7.05 Å². The summed E-state index contributed by atoms with van der Waals surface area (Å²) in [4.78, 5) is 0. The van der Waals surface area contributed by atoms with Crippen LogP contribution in [0.4, 0.5) is 0 Å². The summed E-state index contributed by atoms with van der Waals surface area (Å²) in [6.07, 6.45) is 5.00. The topological polar surface area (TPSA) is 55.6 Å². The fourth-order valence-electron chi connectivity index (χ4n) is 1.68. The number of hydrogen-bond acceptors (Lipinski definition) is 4. The van der Waals surface area contributed by atoms with Gasteiger partial charge in [-0.15, -0.1) is 0 Å². The quantitative estimate of drug-likeness (QED) is 0.871. The average molecular weight is 238 g/mol. The number of nitrogens with zero attached hydrogens (tertiary/aromatic N) is 4. The summed E-state index contributed by atoms with van der Waals surface area (Å²) >= 11 is 6.11. The molecule has 0 saturated heterocycles. The lowest BCUT2D eigenvalue weighted by molar-refractivity contribution is 0.603. The van der Waals surface area contributed by atoms with E-state index in [1.54, 1.807) is 23.3 Å². The minimum absolute atomic E-state index is 0.0319. The molecule has 1 atom stereocenters. The number of nitrogens with one attached hydrogen (secondary N) is 1. The molecule has 2 heterocycles. The molecule has 0 aliphatic rings. The van der Waals surface area contributed by atoms with Gasteiger partial charge in [0.2, 0.25) is 0 Å². The lowest BCUT2D eigenvalue weighted by Gasteiger charge is -2.16. The fraction of sp³-hybridized carbons (Fsp3) is 0.300. The molecule has 2 aromatic heterocycles. The smallest absolute Gasteiger partial charge is 0.0837 e. The van der Waals surface area contributed by atoms with E-state index >= 15 is 0 Å². The molecule has 2 aromatic rings. The Bertz CT molecular complexity index is 448. The molecule has 0 fully saturated rings. The maximum atomic E-state index is 6.11. The second-order valence-corrected chi connectivity index (χ2v) is 3.81. The third-order valence-corrected chi connectivity index (χ3v) is 2.73. The monoisotopic (exact) mass is 237 g/mol. The molecule has 2 rings (SSSR count). The number of hydrogen-bond donors (Lipinski definition) is 1. The van der Waals surface area contributed by atoms with Crippen molar-refractivity contribution < 1.29 is 0 Å². The Balaban J connectivity index is 2.45. The van der Waals surface area contributed by atoms with Crippen LogP contribution in [0.15, 0.2) is 24.7 Å². The average Bonchev–Trinajstić information content (AvgIpc) is 2.63. The molecule has 0 saturated carbocycles. The van der Waals surface area contributed by atoms with Crippen LogP contribution in [0.5, 0.6) is 0 Å². The van der Waals surface area contributed by atoms with Crippen molar-refractivity contribution in [2.75, 3.05) is 7.05 Å². The number of rotatable bonds is 3. The Kier molecular flexibility index (Phi) is 3.17.